The zero-order valence-electron chi connectivity index (χ0n) is 37.4. The summed E-state index contributed by atoms with van der Waals surface area (Å²) >= 11 is 0. The summed E-state index contributed by atoms with van der Waals surface area (Å²) in [7, 11) is 0. The number of hydrogen-bond acceptors (Lipinski definition) is 2. The predicted octanol–water partition coefficient (Wildman–Crippen LogP) is 13.8. The van der Waals surface area contributed by atoms with Crippen LogP contribution in [0.15, 0.2) is 192 Å². The van der Waals surface area contributed by atoms with Crippen LogP contribution in [0.1, 0.15) is 15.1 Å². The van der Waals surface area contributed by atoms with Crippen molar-refractivity contribution in [2.24, 2.45) is 0 Å². The summed E-state index contributed by atoms with van der Waals surface area (Å²) in [5, 5.41) is 4.83. The molecule has 0 radical (unpaired) electrons. The molecule has 0 N–H and O–H groups in total. The van der Waals surface area contributed by atoms with E-state index in [9.17, 15) is 5.48 Å². The quantitative estimate of drug-likeness (QED) is 0.185. The molecule has 0 unspecified atom stereocenters. The van der Waals surface area contributed by atoms with Crippen LogP contribution in [0.4, 0.5) is 17.1 Å². The van der Waals surface area contributed by atoms with Gasteiger partial charge in [0.2, 0.25) is 0 Å². The lowest BCUT2D eigenvalue weighted by Gasteiger charge is -2.26. The van der Waals surface area contributed by atoms with Gasteiger partial charge in [-0.1, -0.05) is 139 Å². The SMILES string of the molecule is [2H]c1c([2H])c(N(c2ccc(-c3ccc4ccccc4c3)cc2)c2cccc3oc4c5ccccc5ccc4c23)c([2H])c([2H])c1-c1c([2H])c([2H])c([2H])c2c([2H])c([2H])c([2H])c([2H])c12. The third-order valence-electron chi connectivity index (χ3n) is 9.21. The van der Waals surface area contributed by atoms with E-state index < -0.39 is 72.0 Å². The maximum Gasteiger partial charge on any atom is 0.143 e. The Balaban J connectivity index is 1.26. The molecular weight excluding hydrogens is 607 g/mol. The zero-order valence-corrected chi connectivity index (χ0v) is 26.4. The summed E-state index contributed by atoms with van der Waals surface area (Å²) < 4.78 is 105. The van der Waals surface area contributed by atoms with Gasteiger partial charge in [0.1, 0.15) is 11.2 Å². The van der Waals surface area contributed by atoms with Crippen LogP contribution in [0.5, 0.6) is 0 Å². The second-order valence-electron chi connectivity index (χ2n) is 12.1. The Morgan fingerprint density at radius 2 is 1.18 bits per heavy atom. The zero-order chi connectivity index (χ0) is 42.6. The van der Waals surface area contributed by atoms with Crippen LogP contribution < -0.4 is 4.90 Å². The molecule has 1 heterocycles. The lowest BCUT2D eigenvalue weighted by atomic mass is 9.98. The first-order valence-electron chi connectivity index (χ1n) is 21.7. The van der Waals surface area contributed by atoms with Crippen molar-refractivity contribution in [2.75, 3.05) is 4.90 Å². The molecule has 0 spiro atoms. The largest absolute Gasteiger partial charge is 0.455 e. The summed E-state index contributed by atoms with van der Waals surface area (Å²) in [6.45, 7) is 0. The Morgan fingerprint density at radius 1 is 0.440 bits per heavy atom. The first-order valence-corrected chi connectivity index (χ1v) is 16.2. The van der Waals surface area contributed by atoms with Gasteiger partial charge in [0.15, 0.2) is 0 Å². The van der Waals surface area contributed by atoms with Crippen molar-refractivity contribution < 1.29 is 19.5 Å². The molecule has 234 valence electrons. The van der Waals surface area contributed by atoms with Crippen molar-refractivity contribution in [1.82, 2.24) is 0 Å². The Bertz CT molecular complexity index is 3470. The lowest BCUT2D eigenvalue weighted by molar-refractivity contribution is 0.672. The fourth-order valence-electron chi connectivity index (χ4n) is 6.82. The highest BCUT2D eigenvalue weighted by molar-refractivity contribution is 6.19. The molecule has 0 saturated heterocycles. The van der Waals surface area contributed by atoms with Crippen molar-refractivity contribution in [3.63, 3.8) is 0 Å². The highest BCUT2D eigenvalue weighted by Crippen LogP contribution is 2.45. The molecule has 9 aromatic carbocycles. The van der Waals surface area contributed by atoms with E-state index in [1.165, 1.54) is 0 Å². The third-order valence-corrected chi connectivity index (χ3v) is 9.21. The molecule has 0 aliphatic carbocycles. The Kier molecular flexibility index (Phi) is 4.46. The molecule has 10 rings (SSSR count). The maximum atomic E-state index is 9.64. The summed E-state index contributed by atoms with van der Waals surface area (Å²) in [6.07, 6.45) is 0. The number of nitrogens with zero attached hydrogens (tertiary/aromatic N) is 1. The van der Waals surface area contributed by atoms with Crippen molar-refractivity contribution in [3.8, 4) is 22.3 Å². The van der Waals surface area contributed by atoms with E-state index in [2.05, 4.69) is 18.2 Å². The highest BCUT2D eigenvalue weighted by atomic mass is 16.3. The Morgan fingerprint density at radius 3 is 2.06 bits per heavy atom. The number of hydrogen-bond donors (Lipinski definition) is 0. The van der Waals surface area contributed by atoms with Crippen LogP contribution in [0.3, 0.4) is 0 Å². The minimum Gasteiger partial charge on any atom is -0.455 e. The van der Waals surface area contributed by atoms with Gasteiger partial charge >= 0.3 is 0 Å². The predicted molar refractivity (Wildman–Crippen MR) is 212 cm³/mol. The van der Waals surface area contributed by atoms with Gasteiger partial charge in [-0.2, -0.15) is 0 Å². The van der Waals surface area contributed by atoms with Crippen LogP contribution in [0.25, 0.3) is 76.5 Å². The van der Waals surface area contributed by atoms with Gasteiger partial charge in [0, 0.05) is 22.1 Å². The summed E-state index contributed by atoms with van der Waals surface area (Å²) in [5.74, 6) is 0. The summed E-state index contributed by atoms with van der Waals surface area (Å²) in [6, 6.07) is 32.5. The first kappa shape index (κ1) is 19.4. The van der Waals surface area contributed by atoms with E-state index in [1.54, 1.807) is 11.0 Å². The average Bonchev–Trinajstić information content (AvgIpc) is 3.68. The van der Waals surface area contributed by atoms with Crippen molar-refractivity contribution in [1.29, 1.82) is 0 Å². The molecular formula is C48H31NO. The topological polar surface area (TPSA) is 16.4 Å². The highest BCUT2D eigenvalue weighted by Gasteiger charge is 2.20. The Labute approximate surface area is 305 Å². The molecule has 10 aromatic rings. The standard InChI is InChI=1S/C48H31NO/c1-2-12-37-31-38(20-19-32(37)9-1)33-21-26-39(27-22-33)49(40-28-23-36(24-29-40)42-16-7-13-34-10-3-5-14-41(34)42)45-17-8-18-46-47(45)44-30-25-35-11-4-6-15-43(35)48(44)50-46/h1-31H/i3D,5D,7D,10D,13D,14D,16D,23D,24D,28D,29D. The fraction of sp³-hybridized carbons (Fsp3) is 0. The number of fused-ring (bicyclic) bond motifs is 7. The molecule has 0 fully saturated rings. The molecule has 2 nitrogen and oxygen atoms in total. The normalized spacial score (nSPS) is 14.7. The molecule has 0 aliphatic rings. The van der Waals surface area contributed by atoms with Crippen LogP contribution in [-0.4, -0.2) is 0 Å². The van der Waals surface area contributed by atoms with Gasteiger partial charge in [-0.15, -0.1) is 0 Å². The summed E-state index contributed by atoms with van der Waals surface area (Å²) in [4.78, 5) is 1.66. The second-order valence-corrected chi connectivity index (χ2v) is 12.1. The minimum atomic E-state index is -0.673. The van der Waals surface area contributed by atoms with Gasteiger partial charge in [0.05, 0.1) is 26.2 Å². The average molecular weight is 649 g/mol. The molecule has 50 heavy (non-hydrogen) atoms. The van der Waals surface area contributed by atoms with E-state index in [-0.39, 0.29) is 22.0 Å². The molecule has 0 bridgehead atoms. The monoisotopic (exact) mass is 648 g/mol. The van der Waals surface area contributed by atoms with E-state index in [4.69, 9.17) is 14.0 Å². The molecule has 1 aromatic heterocycles. The van der Waals surface area contributed by atoms with Crippen LogP contribution >= 0.6 is 0 Å². The lowest BCUT2D eigenvalue weighted by Crippen LogP contribution is -2.10. The van der Waals surface area contributed by atoms with Gasteiger partial charge in [-0.3, -0.25) is 0 Å². The third kappa shape index (κ3) is 4.65. The molecule has 0 amide bonds. The molecule has 2 heteroatoms. The van der Waals surface area contributed by atoms with Gasteiger partial charge in [0.25, 0.3) is 0 Å². The maximum absolute atomic E-state index is 9.64. The second kappa shape index (κ2) is 11.5. The molecule has 0 aliphatic heterocycles. The van der Waals surface area contributed by atoms with E-state index >= 15 is 0 Å². The Hall–Kier alpha value is -6.64. The van der Waals surface area contributed by atoms with Crippen molar-refractivity contribution >= 4 is 71.3 Å². The summed E-state index contributed by atoms with van der Waals surface area (Å²) in [5.41, 5.74) is 3.15. The van der Waals surface area contributed by atoms with Gasteiger partial charge in [-0.05, 0) is 97.7 Å². The van der Waals surface area contributed by atoms with Gasteiger partial charge in [-0.25, -0.2) is 0 Å². The molecule has 0 atom stereocenters. The van der Waals surface area contributed by atoms with E-state index in [0.29, 0.717) is 27.9 Å². The molecule has 0 saturated carbocycles. The fourth-order valence-corrected chi connectivity index (χ4v) is 6.82. The van der Waals surface area contributed by atoms with Crippen molar-refractivity contribution in [3.05, 3.63) is 188 Å². The van der Waals surface area contributed by atoms with Crippen LogP contribution in [0, 0.1) is 0 Å². The number of benzene rings is 9. The minimum absolute atomic E-state index is 0.124. The smallest absolute Gasteiger partial charge is 0.143 e. The van der Waals surface area contributed by atoms with E-state index in [1.807, 2.05) is 97.1 Å². The number of furan rings is 1. The number of rotatable bonds is 5. The first-order chi connectivity index (χ1) is 29.4. The van der Waals surface area contributed by atoms with E-state index in [0.717, 1.165) is 38.1 Å². The van der Waals surface area contributed by atoms with Crippen LogP contribution in [0.2, 0.25) is 0 Å². The van der Waals surface area contributed by atoms with Crippen molar-refractivity contribution in [2.45, 2.75) is 0 Å². The number of anilines is 3. The van der Waals surface area contributed by atoms with Gasteiger partial charge < -0.3 is 9.32 Å². The van der Waals surface area contributed by atoms with Crippen LogP contribution in [-0.2, 0) is 0 Å².